The number of aliphatic imine (C=N–C) groups is 2. The zero-order valence-corrected chi connectivity index (χ0v) is 23.9. The molecule has 0 bridgehead atoms. The zero-order valence-electron chi connectivity index (χ0n) is 23.9. The van der Waals surface area contributed by atoms with Crippen molar-refractivity contribution in [2.45, 2.75) is 34.6 Å². The smallest absolute Gasteiger partial charge is 0.229 e. The van der Waals surface area contributed by atoms with E-state index in [2.05, 4.69) is 27.0 Å². The Bertz CT molecular complexity index is 1710. The molecule has 210 valence electrons. The normalized spacial score (nSPS) is 13.0. The van der Waals surface area contributed by atoms with Gasteiger partial charge in [0.2, 0.25) is 5.91 Å². The molecular formula is C32H34FN7O. The molecule has 4 aromatic rings. The number of hydrogen-bond donors (Lipinski definition) is 3. The fourth-order valence-electron chi connectivity index (χ4n) is 4.22. The second kappa shape index (κ2) is 12.1. The number of nitrogen functional groups attached to an aromatic ring is 1. The summed E-state index contributed by atoms with van der Waals surface area (Å²) in [6, 6.07) is 13.7. The third-order valence-corrected chi connectivity index (χ3v) is 6.26. The molecule has 0 aliphatic heterocycles. The summed E-state index contributed by atoms with van der Waals surface area (Å²) < 4.78 is 14.0. The number of halogens is 1. The molecule has 0 radical (unpaired) electrons. The van der Waals surface area contributed by atoms with Crippen molar-refractivity contribution in [3.8, 4) is 11.3 Å². The Morgan fingerprint density at radius 3 is 2.66 bits per heavy atom. The Balaban J connectivity index is 1.79. The Hall–Kier alpha value is -4.92. The summed E-state index contributed by atoms with van der Waals surface area (Å²) in [4.78, 5) is 34.0. The minimum absolute atomic E-state index is 0.105. The van der Waals surface area contributed by atoms with Gasteiger partial charge in [0.1, 0.15) is 17.2 Å². The number of pyridine rings is 2. The lowest BCUT2D eigenvalue weighted by molar-refractivity contribution is -0.127. The molecule has 0 unspecified atom stereocenters. The number of benzene rings is 1. The highest BCUT2D eigenvalue weighted by Gasteiger charge is 2.22. The number of hydrogen-bond acceptors (Lipinski definition) is 6. The molecule has 0 aliphatic rings. The van der Waals surface area contributed by atoms with Crippen molar-refractivity contribution in [2.75, 3.05) is 12.3 Å². The Kier molecular flexibility index (Phi) is 8.56. The van der Waals surface area contributed by atoms with Gasteiger partial charge >= 0.3 is 0 Å². The van der Waals surface area contributed by atoms with Gasteiger partial charge in [0.25, 0.3) is 0 Å². The first-order valence-electron chi connectivity index (χ1n) is 13.2. The highest BCUT2D eigenvalue weighted by molar-refractivity contribution is 6.16. The first-order chi connectivity index (χ1) is 19.5. The topological polar surface area (TPSA) is 121 Å². The first-order valence-corrected chi connectivity index (χ1v) is 13.2. The maximum atomic E-state index is 14.0. The van der Waals surface area contributed by atoms with Crippen LogP contribution in [0.3, 0.4) is 0 Å². The van der Waals surface area contributed by atoms with Crippen LogP contribution in [0.4, 0.5) is 10.1 Å². The number of aromatic nitrogens is 3. The number of amides is 1. The van der Waals surface area contributed by atoms with Crippen molar-refractivity contribution in [1.29, 1.82) is 0 Å². The van der Waals surface area contributed by atoms with Crippen LogP contribution in [0, 0.1) is 11.2 Å². The number of nitrogens with zero attached hydrogens (tertiary/aromatic N) is 4. The molecule has 1 aromatic carbocycles. The molecule has 3 heterocycles. The number of nitrogens with two attached hydrogens (primary N) is 1. The van der Waals surface area contributed by atoms with E-state index in [4.69, 9.17) is 15.7 Å². The summed E-state index contributed by atoms with van der Waals surface area (Å²) in [6.07, 6.45) is 5.04. The van der Waals surface area contributed by atoms with Gasteiger partial charge in [-0.2, -0.15) is 0 Å². The summed E-state index contributed by atoms with van der Waals surface area (Å²) in [6.45, 7) is 13.4. The lowest BCUT2D eigenvalue weighted by Gasteiger charge is -2.18. The van der Waals surface area contributed by atoms with E-state index in [0.29, 0.717) is 57.6 Å². The van der Waals surface area contributed by atoms with Gasteiger partial charge in [0.05, 0.1) is 22.8 Å². The van der Waals surface area contributed by atoms with Crippen LogP contribution in [0.5, 0.6) is 0 Å². The van der Waals surface area contributed by atoms with Gasteiger partial charge < -0.3 is 16.0 Å². The number of carbonyl (C=O) groups excluding carboxylic acids is 1. The molecule has 0 spiro atoms. The summed E-state index contributed by atoms with van der Waals surface area (Å²) in [7, 11) is 0. The fraction of sp³-hybridized carbons (Fsp3) is 0.219. The van der Waals surface area contributed by atoms with Gasteiger partial charge in [-0.25, -0.2) is 9.37 Å². The molecule has 9 heteroatoms. The Morgan fingerprint density at radius 1 is 1.20 bits per heavy atom. The van der Waals surface area contributed by atoms with E-state index in [1.54, 1.807) is 43.6 Å². The summed E-state index contributed by atoms with van der Waals surface area (Å²) >= 11 is 0. The zero-order chi connectivity index (χ0) is 29.7. The van der Waals surface area contributed by atoms with Crippen LogP contribution >= 0.6 is 0 Å². The highest BCUT2D eigenvalue weighted by atomic mass is 19.1. The molecule has 1 amide bonds. The van der Waals surface area contributed by atoms with Crippen LogP contribution in [0.1, 0.15) is 51.7 Å². The Labute approximate surface area is 239 Å². The molecule has 0 saturated heterocycles. The first kappa shape index (κ1) is 29.1. The van der Waals surface area contributed by atoms with Gasteiger partial charge in [0.15, 0.2) is 0 Å². The minimum atomic E-state index is -0.544. The number of aromatic amines is 1. The van der Waals surface area contributed by atoms with Crippen molar-refractivity contribution >= 4 is 40.5 Å². The SMILES string of the molecule is C=N/C=C(\C=C(/C)NC(=O)C(C)(C)C)c1ccc(N)c(C(=NCC)c2cc3c(-c4cccc(F)c4)nccc3[nH]2)n1. The molecule has 8 nitrogen and oxygen atoms in total. The molecule has 4 rings (SSSR count). The average Bonchev–Trinajstić information content (AvgIpc) is 3.35. The largest absolute Gasteiger partial charge is 0.397 e. The second-order valence-corrected chi connectivity index (χ2v) is 10.6. The number of allylic oxidation sites excluding steroid dienone is 3. The highest BCUT2D eigenvalue weighted by Crippen LogP contribution is 2.29. The van der Waals surface area contributed by atoms with Crippen LogP contribution in [0.25, 0.3) is 27.7 Å². The van der Waals surface area contributed by atoms with E-state index in [1.807, 2.05) is 45.9 Å². The fourth-order valence-corrected chi connectivity index (χ4v) is 4.22. The summed E-state index contributed by atoms with van der Waals surface area (Å²) in [5, 5.41) is 3.74. The van der Waals surface area contributed by atoms with Gasteiger partial charge in [0, 0.05) is 52.1 Å². The molecular weight excluding hydrogens is 517 g/mol. The lowest BCUT2D eigenvalue weighted by atomic mass is 9.95. The molecule has 4 N–H and O–H groups in total. The monoisotopic (exact) mass is 551 g/mol. The van der Waals surface area contributed by atoms with Gasteiger partial charge in [-0.1, -0.05) is 32.9 Å². The van der Waals surface area contributed by atoms with E-state index >= 15 is 0 Å². The van der Waals surface area contributed by atoms with Gasteiger partial charge in [-0.3, -0.25) is 19.8 Å². The maximum Gasteiger partial charge on any atom is 0.229 e. The van der Waals surface area contributed by atoms with Crippen molar-refractivity contribution in [2.24, 2.45) is 15.4 Å². The maximum absolute atomic E-state index is 14.0. The summed E-state index contributed by atoms with van der Waals surface area (Å²) in [5.41, 5.74) is 12.1. The summed E-state index contributed by atoms with van der Waals surface area (Å²) in [5.74, 6) is -0.439. The number of anilines is 1. The van der Waals surface area contributed by atoms with E-state index in [0.717, 1.165) is 10.9 Å². The van der Waals surface area contributed by atoms with Crippen LogP contribution in [-0.2, 0) is 4.79 Å². The quantitative estimate of drug-likeness (QED) is 0.175. The molecule has 3 aromatic heterocycles. The molecule has 41 heavy (non-hydrogen) atoms. The Morgan fingerprint density at radius 2 is 1.98 bits per heavy atom. The average molecular weight is 552 g/mol. The van der Waals surface area contributed by atoms with E-state index in [-0.39, 0.29) is 11.7 Å². The van der Waals surface area contributed by atoms with Crippen LogP contribution < -0.4 is 11.1 Å². The van der Waals surface area contributed by atoms with Crippen molar-refractivity contribution in [3.05, 3.63) is 95.6 Å². The second-order valence-electron chi connectivity index (χ2n) is 10.6. The van der Waals surface area contributed by atoms with Crippen LogP contribution in [-0.4, -0.2) is 39.8 Å². The van der Waals surface area contributed by atoms with E-state index < -0.39 is 5.41 Å². The molecule has 0 aliphatic carbocycles. The predicted molar refractivity (Wildman–Crippen MR) is 165 cm³/mol. The van der Waals surface area contributed by atoms with E-state index in [1.165, 1.54) is 12.1 Å². The number of H-pyrrole nitrogens is 1. The van der Waals surface area contributed by atoms with Crippen molar-refractivity contribution in [1.82, 2.24) is 20.3 Å². The van der Waals surface area contributed by atoms with Crippen LogP contribution in [0.2, 0.25) is 0 Å². The molecule has 0 atom stereocenters. The number of fused-ring (bicyclic) bond motifs is 1. The van der Waals surface area contributed by atoms with E-state index in [9.17, 15) is 9.18 Å². The standard InChI is InChI=1S/C32H34FN7O/c1-7-36-30(27-17-23-26(39-27)13-14-37-28(23)20-9-8-10-22(33)16-20)29-24(34)11-12-25(40-29)21(18-35-6)15-19(2)38-31(41)32(3,4)5/h8-18,39H,6-7,34H2,1-5H3,(H,38,41)/b19-15+,21-18+,36-30?. The number of carbonyl (C=O) groups is 1. The molecule has 0 saturated carbocycles. The number of rotatable bonds is 8. The lowest BCUT2D eigenvalue weighted by Crippen LogP contribution is -2.33. The van der Waals surface area contributed by atoms with Crippen molar-refractivity contribution in [3.63, 3.8) is 0 Å². The number of nitrogens with one attached hydrogen (secondary N) is 2. The van der Waals surface area contributed by atoms with Gasteiger partial charge in [-0.15, -0.1) is 0 Å². The third kappa shape index (κ3) is 6.63. The van der Waals surface area contributed by atoms with Crippen LogP contribution in [0.15, 0.2) is 82.7 Å². The minimum Gasteiger partial charge on any atom is -0.397 e. The van der Waals surface area contributed by atoms with Gasteiger partial charge in [-0.05, 0) is 63.0 Å². The van der Waals surface area contributed by atoms with Crippen molar-refractivity contribution < 1.29 is 9.18 Å². The molecule has 0 fully saturated rings. The predicted octanol–water partition coefficient (Wildman–Crippen LogP) is 6.31. The third-order valence-electron chi connectivity index (χ3n) is 6.26.